The molecule has 0 bridgehead atoms. The van der Waals surface area contributed by atoms with E-state index in [1.807, 2.05) is 32.0 Å². The second kappa shape index (κ2) is 8.55. The van der Waals surface area contributed by atoms with Crippen LogP contribution in [0.25, 0.3) is 11.0 Å². The summed E-state index contributed by atoms with van der Waals surface area (Å²) in [6, 6.07) is 14.9. The fourth-order valence-corrected chi connectivity index (χ4v) is 4.26. The average molecular weight is 434 g/mol. The van der Waals surface area contributed by atoms with E-state index in [1.54, 1.807) is 23.1 Å². The minimum absolute atomic E-state index is 0.0189. The van der Waals surface area contributed by atoms with E-state index in [2.05, 4.69) is 32.9 Å². The Balaban J connectivity index is 1.79. The summed E-state index contributed by atoms with van der Waals surface area (Å²) in [6.07, 6.45) is 0.818. The van der Waals surface area contributed by atoms with E-state index in [4.69, 9.17) is 9.15 Å². The van der Waals surface area contributed by atoms with Gasteiger partial charge in [-0.05, 0) is 48.9 Å². The molecule has 4 rings (SSSR count). The standard InChI is InChI=1S/C27H31NO4/c1-17(2)31-16-8-15-28-23(18-11-13-19(14-12-18)27(3,4)5)22-24(29)20-9-6-7-10-21(20)32-25(22)26(28)30/h6-7,9-14,17,23H,8,15-16H2,1-5H3. The first-order chi connectivity index (χ1) is 15.2. The number of ether oxygens (including phenoxy) is 1. The molecule has 32 heavy (non-hydrogen) atoms. The third kappa shape index (κ3) is 4.09. The Morgan fingerprint density at radius 3 is 2.38 bits per heavy atom. The molecular formula is C27H31NO4. The summed E-state index contributed by atoms with van der Waals surface area (Å²) in [7, 11) is 0. The Labute approximate surface area is 189 Å². The van der Waals surface area contributed by atoms with Gasteiger partial charge in [0, 0.05) is 13.2 Å². The Morgan fingerprint density at radius 2 is 1.72 bits per heavy atom. The molecule has 0 aliphatic carbocycles. The largest absolute Gasteiger partial charge is 0.450 e. The predicted molar refractivity (Wildman–Crippen MR) is 126 cm³/mol. The third-order valence-electron chi connectivity index (χ3n) is 5.96. The van der Waals surface area contributed by atoms with Crippen molar-refractivity contribution in [2.75, 3.05) is 13.2 Å². The number of hydrogen-bond acceptors (Lipinski definition) is 4. The molecule has 168 valence electrons. The number of hydrogen-bond donors (Lipinski definition) is 0. The summed E-state index contributed by atoms with van der Waals surface area (Å²) in [5, 5.41) is 0.500. The van der Waals surface area contributed by atoms with Gasteiger partial charge < -0.3 is 14.1 Å². The van der Waals surface area contributed by atoms with Crippen molar-refractivity contribution in [3.63, 3.8) is 0 Å². The second-order valence-electron chi connectivity index (χ2n) is 9.72. The lowest BCUT2D eigenvalue weighted by molar-refractivity contribution is 0.0593. The lowest BCUT2D eigenvalue weighted by Crippen LogP contribution is -2.31. The molecule has 0 spiro atoms. The molecule has 1 amide bonds. The van der Waals surface area contributed by atoms with Crippen molar-refractivity contribution < 1.29 is 13.9 Å². The molecular weight excluding hydrogens is 402 g/mol. The number of carbonyl (C=O) groups is 1. The van der Waals surface area contributed by atoms with Crippen molar-refractivity contribution in [1.29, 1.82) is 0 Å². The molecule has 0 saturated heterocycles. The highest BCUT2D eigenvalue weighted by atomic mass is 16.5. The highest BCUT2D eigenvalue weighted by Gasteiger charge is 2.42. The van der Waals surface area contributed by atoms with Crippen molar-refractivity contribution >= 4 is 16.9 Å². The van der Waals surface area contributed by atoms with Gasteiger partial charge in [-0.2, -0.15) is 0 Å². The first kappa shape index (κ1) is 22.3. The molecule has 1 aliphatic heterocycles. The quantitative estimate of drug-likeness (QED) is 0.485. The van der Waals surface area contributed by atoms with Gasteiger partial charge in [-0.3, -0.25) is 9.59 Å². The minimum Gasteiger partial charge on any atom is -0.450 e. The fourth-order valence-electron chi connectivity index (χ4n) is 4.26. The van der Waals surface area contributed by atoms with Crippen LogP contribution in [0.2, 0.25) is 0 Å². The molecule has 1 aliphatic rings. The van der Waals surface area contributed by atoms with Crippen LogP contribution in [0.3, 0.4) is 0 Å². The Bertz CT molecular complexity index is 1180. The van der Waals surface area contributed by atoms with Gasteiger partial charge in [-0.25, -0.2) is 0 Å². The smallest absolute Gasteiger partial charge is 0.290 e. The zero-order valence-corrected chi connectivity index (χ0v) is 19.5. The zero-order valence-electron chi connectivity index (χ0n) is 19.5. The Kier molecular flexibility index (Phi) is 5.95. The summed E-state index contributed by atoms with van der Waals surface area (Å²) >= 11 is 0. The van der Waals surface area contributed by atoms with Crippen molar-refractivity contribution in [3.8, 4) is 0 Å². The molecule has 1 aromatic heterocycles. The molecule has 2 heterocycles. The van der Waals surface area contributed by atoms with Gasteiger partial charge in [-0.1, -0.05) is 57.2 Å². The van der Waals surface area contributed by atoms with E-state index in [0.717, 1.165) is 5.56 Å². The lowest BCUT2D eigenvalue weighted by Gasteiger charge is -2.26. The van der Waals surface area contributed by atoms with Crippen LogP contribution >= 0.6 is 0 Å². The molecule has 2 aromatic carbocycles. The van der Waals surface area contributed by atoms with E-state index >= 15 is 0 Å². The van der Waals surface area contributed by atoms with Gasteiger partial charge in [0.1, 0.15) is 5.58 Å². The summed E-state index contributed by atoms with van der Waals surface area (Å²) in [6.45, 7) is 11.5. The molecule has 0 saturated carbocycles. The summed E-state index contributed by atoms with van der Waals surface area (Å²) < 4.78 is 11.7. The lowest BCUT2D eigenvalue weighted by atomic mass is 9.86. The number of rotatable bonds is 6. The zero-order chi connectivity index (χ0) is 23.0. The highest BCUT2D eigenvalue weighted by molar-refractivity contribution is 5.99. The van der Waals surface area contributed by atoms with Crippen LogP contribution in [0.1, 0.15) is 74.3 Å². The number of benzene rings is 2. The first-order valence-corrected chi connectivity index (χ1v) is 11.3. The highest BCUT2D eigenvalue weighted by Crippen LogP contribution is 2.38. The van der Waals surface area contributed by atoms with E-state index < -0.39 is 6.04 Å². The van der Waals surface area contributed by atoms with Crippen LogP contribution in [0.4, 0.5) is 0 Å². The molecule has 0 N–H and O–H groups in total. The van der Waals surface area contributed by atoms with Crippen LogP contribution < -0.4 is 5.43 Å². The molecule has 5 nitrogen and oxygen atoms in total. The summed E-state index contributed by atoms with van der Waals surface area (Å²) in [5.74, 6) is -0.0827. The summed E-state index contributed by atoms with van der Waals surface area (Å²) in [4.78, 5) is 28.6. The Hall–Kier alpha value is -2.92. The first-order valence-electron chi connectivity index (χ1n) is 11.3. The number of para-hydroxylation sites is 1. The SMILES string of the molecule is CC(C)OCCCN1C(=O)c2oc3ccccc3c(=O)c2C1c1ccc(C(C)(C)C)cc1. The topological polar surface area (TPSA) is 59.8 Å². The maximum absolute atomic E-state index is 13.5. The van der Waals surface area contributed by atoms with Crippen molar-refractivity contribution in [2.24, 2.45) is 0 Å². The number of carbonyl (C=O) groups excluding carboxylic acids is 1. The van der Waals surface area contributed by atoms with Gasteiger partial charge in [0.25, 0.3) is 5.91 Å². The maximum Gasteiger partial charge on any atom is 0.290 e. The van der Waals surface area contributed by atoms with Gasteiger partial charge in [0.2, 0.25) is 5.76 Å². The molecule has 1 atom stereocenters. The van der Waals surface area contributed by atoms with Gasteiger partial charge in [0.05, 0.1) is 23.1 Å². The predicted octanol–water partition coefficient (Wildman–Crippen LogP) is 5.45. The average Bonchev–Trinajstić information content (AvgIpc) is 3.03. The molecule has 0 fully saturated rings. The van der Waals surface area contributed by atoms with Crippen LogP contribution in [0.15, 0.2) is 57.7 Å². The second-order valence-corrected chi connectivity index (χ2v) is 9.72. The van der Waals surface area contributed by atoms with E-state index in [-0.39, 0.29) is 28.6 Å². The maximum atomic E-state index is 13.5. The number of amides is 1. The van der Waals surface area contributed by atoms with Gasteiger partial charge >= 0.3 is 0 Å². The van der Waals surface area contributed by atoms with E-state index in [1.165, 1.54) is 5.56 Å². The Morgan fingerprint density at radius 1 is 1.03 bits per heavy atom. The number of fused-ring (bicyclic) bond motifs is 2. The van der Waals surface area contributed by atoms with E-state index in [9.17, 15) is 9.59 Å². The molecule has 5 heteroatoms. The third-order valence-corrected chi connectivity index (χ3v) is 5.96. The normalized spacial score (nSPS) is 16.2. The van der Waals surface area contributed by atoms with Crippen LogP contribution in [-0.4, -0.2) is 30.1 Å². The van der Waals surface area contributed by atoms with Crippen molar-refractivity contribution in [3.05, 3.63) is 81.2 Å². The minimum atomic E-state index is -0.466. The van der Waals surface area contributed by atoms with Crippen LogP contribution in [0, 0.1) is 0 Å². The van der Waals surface area contributed by atoms with Gasteiger partial charge in [-0.15, -0.1) is 0 Å². The fraction of sp³-hybridized carbons (Fsp3) is 0.407. The van der Waals surface area contributed by atoms with Crippen molar-refractivity contribution in [2.45, 2.75) is 58.6 Å². The van der Waals surface area contributed by atoms with Crippen molar-refractivity contribution in [1.82, 2.24) is 4.90 Å². The van der Waals surface area contributed by atoms with Gasteiger partial charge in [0.15, 0.2) is 5.43 Å². The number of nitrogens with zero attached hydrogens (tertiary/aromatic N) is 1. The molecule has 0 radical (unpaired) electrons. The monoisotopic (exact) mass is 433 g/mol. The van der Waals surface area contributed by atoms with E-state index in [0.29, 0.717) is 36.1 Å². The molecule has 1 unspecified atom stereocenters. The van der Waals surface area contributed by atoms with Crippen LogP contribution in [0.5, 0.6) is 0 Å². The summed E-state index contributed by atoms with van der Waals surface area (Å²) in [5.41, 5.74) is 2.87. The molecule has 3 aromatic rings. The van der Waals surface area contributed by atoms with Crippen LogP contribution in [-0.2, 0) is 10.2 Å².